The highest BCUT2D eigenvalue weighted by Crippen LogP contribution is 2.48. The van der Waals surface area contributed by atoms with Crippen LogP contribution in [0.25, 0.3) is 43.8 Å². The lowest BCUT2D eigenvalue weighted by molar-refractivity contribution is 0.590. The van der Waals surface area contributed by atoms with E-state index in [-0.39, 0.29) is 10.8 Å². The van der Waals surface area contributed by atoms with Crippen molar-refractivity contribution >= 4 is 56.2 Å². The molecule has 6 heteroatoms. The minimum Gasteiger partial charge on any atom is -0.279 e. The summed E-state index contributed by atoms with van der Waals surface area (Å²) in [4.78, 5) is 23.6. The summed E-state index contributed by atoms with van der Waals surface area (Å²) in [5, 5.41) is 4.56. The molecule has 5 aromatic carbocycles. The number of benzene rings is 5. The minimum absolute atomic E-state index is 0.00379. The predicted octanol–water partition coefficient (Wildman–Crippen LogP) is 14.4. The minimum atomic E-state index is 0.00379. The van der Waals surface area contributed by atoms with E-state index in [9.17, 15) is 0 Å². The zero-order valence-electron chi connectivity index (χ0n) is 35.0. The maximum absolute atomic E-state index is 4.83. The second kappa shape index (κ2) is 15.5. The molecule has 0 atom stereocenters. The molecule has 0 amide bonds. The Balaban J connectivity index is 1.40. The first kappa shape index (κ1) is 38.3. The molecule has 0 fully saturated rings. The fourth-order valence-corrected chi connectivity index (χ4v) is 8.09. The monoisotopic (exact) mass is 780 g/mol. The standard InChI is InChI=1S/C54H48N6/c1-53(2,3)39-23-19-37(20-24-39)51-43-29-27-41(59(47-15-7-11-31-55-47)48-16-8-12-32-56-48)35-45(43)52(38-21-25-40(26-22-38)54(4,5)6)46-36-42(28-30-44(46)51)60(49-17-9-13-33-57-49)50-18-10-14-34-58-50/h7-36H,1-6H3. The molecular formula is C54H48N6. The second-order valence-corrected chi connectivity index (χ2v) is 17.3. The summed E-state index contributed by atoms with van der Waals surface area (Å²) in [6.07, 6.45) is 7.32. The van der Waals surface area contributed by atoms with Gasteiger partial charge in [-0.2, -0.15) is 0 Å². The summed E-state index contributed by atoms with van der Waals surface area (Å²) in [5.74, 6) is 3.14. The number of fused-ring (bicyclic) bond motifs is 2. The average molecular weight is 781 g/mol. The van der Waals surface area contributed by atoms with E-state index in [2.05, 4.69) is 136 Å². The summed E-state index contributed by atoms with van der Waals surface area (Å²) in [7, 11) is 0. The van der Waals surface area contributed by atoms with E-state index in [0.29, 0.717) is 0 Å². The van der Waals surface area contributed by atoms with Gasteiger partial charge in [0.15, 0.2) is 0 Å². The van der Waals surface area contributed by atoms with Crippen LogP contribution in [0.5, 0.6) is 0 Å². The molecular weight excluding hydrogens is 733 g/mol. The molecule has 60 heavy (non-hydrogen) atoms. The van der Waals surface area contributed by atoms with Crippen molar-refractivity contribution in [1.82, 2.24) is 19.9 Å². The molecule has 0 spiro atoms. The van der Waals surface area contributed by atoms with Gasteiger partial charge in [0.25, 0.3) is 0 Å². The van der Waals surface area contributed by atoms with Gasteiger partial charge in [0.2, 0.25) is 0 Å². The van der Waals surface area contributed by atoms with E-state index in [1.807, 2.05) is 97.6 Å². The summed E-state index contributed by atoms with van der Waals surface area (Å²) < 4.78 is 0. The summed E-state index contributed by atoms with van der Waals surface area (Å²) in [6.45, 7) is 13.6. The third-order valence-electron chi connectivity index (χ3n) is 11.2. The largest absolute Gasteiger partial charge is 0.279 e. The zero-order valence-corrected chi connectivity index (χ0v) is 35.0. The highest BCUT2D eigenvalue weighted by molar-refractivity contribution is 6.22. The molecule has 0 unspecified atom stereocenters. The Morgan fingerprint density at radius 1 is 0.333 bits per heavy atom. The molecule has 0 aliphatic carbocycles. The Morgan fingerprint density at radius 3 is 0.933 bits per heavy atom. The van der Waals surface area contributed by atoms with Gasteiger partial charge in [-0.1, -0.05) is 126 Å². The third kappa shape index (κ3) is 7.37. The van der Waals surface area contributed by atoms with Crippen LogP contribution in [0.15, 0.2) is 183 Å². The number of hydrogen-bond donors (Lipinski definition) is 0. The van der Waals surface area contributed by atoms with Gasteiger partial charge in [0, 0.05) is 36.2 Å². The number of pyridine rings is 4. The van der Waals surface area contributed by atoms with Crippen LogP contribution < -0.4 is 9.80 Å². The lowest BCUT2D eigenvalue weighted by atomic mass is 9.82. The third-order valence-corrected chi connectivity index (χ3v) is 11.2. The fraction of sp³-hybridized carbons (Fsp3) is 0.148. The van der Waals surface area contributed by atoms with Crippen LogP contribution in [0.3, 0.4) is 0 Å². The van der Waals surface area contributed by atoms with E-state index < -0.39 is 0 Å². The number of hydrogen-bond acceptors (Lipinski definition) is 6. The lowest BCUT2D eigenvalue weighted by Gasteiger charge is -2.26. The first-order valence-corrected chi connectivity index (χ1v) is 20.5. The van der Waals surface area contributed by atoms with Crippen molar-refractivity contribution < 1.29 is 0 Å². The molecule has 0 saturated carbocycles. The highest BCUT2D eigenvalue weighted by Gasteiger charge is 2.24. The van der Waals surface area contributed by atoms with Gasteiger partial charge in [-0.15, -0.1) is 0 Å². The molecule has 9 aromatic rings. The Bertz CT molecular complexity index is 2680. The molecule has 0 aliphatic heterocycles. The Kier molecular flexibility index (Phi) is 9.93. The maximum atomic E-state index is 4.83. The summed E-state index contributed by atoms with van der Waals surface area (Å²) >= 11 is 0. The van der Waals surface area contributed by atoms with Crippen molar-refractivity contribution in [2.24, 2.45) is 0 Å². The Labute approximate surface area is 352 Å². The fourth-order valence-electron chi connectivity index (χ4n) is 8.09. The predicted molar refractivity (Wildman–Crippen MR) is 250 cm³/mol. The van der Waals surface area contributed by atoms with Gasteiger partial charge >= 0.3 is 0 Å². The Morgan fingerprint density at radius 2 is 0.650 bits per heavy atom. The van der Waals surface area contributed by atoms with Crippen molar-refractivity contribution in [2.45, 2.75) is 52.4 Å². The van der Waals surface area contributed by atoms with E-state index in [1.165, 1.54) is 16.7 Å². The number of aromatic nitrogens is 4. The first-order chi connectivity index (χ1) is 29.0. The molecule has 0 aliphatic rings. The van der Waals surface area contributed by atoms with Crippen molar-refractivity contribution in [1.29, 1.82) is 0 Å². The van der Waals surface area contributed by atoms with Crippen LogP contribution in [-0.2, 0) is 10.8 Å². The maximum Gasteiger partial charge on any atom is 0.138 e. The number of anilines is 6. The van der Waals surface area contributed by atoms with Gasteiger partial charge < -0.3 is 0 Å². The van der Waals surface area contributed by atoms with Crippen LogP contribution in [0.1, 0.15) is 52.7 Å². The molecule has 0 radical (unpaired) electrons. The van der Waals surface area contributed by atoms with E-state index in [1.54, 1.807) is 0 Å². The summed E-state index contributed by atoms with van der Waals surface area (Å²) in [5.41, 5.74) is 9.13. The molecule has 294 valence electrons. The van der Waals surface area contributed by atoms with Crippen molar-refractivity contribution in [3.63, 3.8) is 0 Å². The average Bonchev–Trinajstić information content (AvgIpc) is 3.27. The van der Waals surface area contributed by atoms with Gasteiger partial charge in [0.05, 0.1) is 0 Å². The highest BCUT2D eigenvalue weighted by atomic mass is 15.2. The number of rotatable bonds is 8. The molecule has 9 rings (SSSR count). The molecule has 4 heterocycles. The first-order valence-electron chi connectivity index (χ1n) is 20.5. The quantitative estimate of drug-likeness (QED) is 0.143. The van der Waals surface area contributed by atoms with Gasteiger partial charge in [-0.25, -0.2) is 19.9 Å². The van der Waals surface area contributed by atoms with Crippen LogP contribution in [0.4, 0.5) is 34.6 Å². The van der Waals surface area contributed by atoms with Crippen LogP contribution in [0, 0.1) is 0 Å². The lowest BCUT2D eigenvalue weighted by Crippen LogP contribution is -2.13. The van der Waals surface area contributed by atoms with Gasteiger partial charge in [0.1, 0.15) is 23.3 Å². The van der Waals surface area contributed by atoms with Crippen molar-refractivity contribution in [3.8, 4) is 22.3 Å². The molecule has 0 saturated heterocycles. The van der Waals surface area contributed by atoms with E-state index in [4.69, 9.17) is 19.9 Å². The van der Waals surface area contributed by atoms with E-state index in [0.717, 1.165) is 72.9 Å². The van der Waals surface area contributed by atoms with E-state index >= 15 is 0 Å². The molecule has 0 bridgehead atoms. The van der Waals surface area contributed by atoms with Crippen molar-refractivity contribution in [2.75, 3.05) is 9.80 Å². The molecule has 4 aromatic heterocycles. The molecule has 0 N–H and O–H groups in total. The van der Waals surface area contributed by atoms with Crippen LogP contribution in [0.2, 0.25) is 0 Å². The normalized spacial score (nSPS) is 11.8. The van der Waals surface area contributed by atoms with Crippen LogP contribution >= 0.6 is 0 Å². The van der Waals surface area contributed by atoms with Crippen molar-refractivity contribution in [3.05, 3.63) is 194 Å². The zero-order chi connectivity index (χ0) is 41.4. The van der Waals surface area contributed by atoms with Gasteiger partial charge in [-0.3, -0.25) is 9.80 Å². The molecule has 6 nitrogen and oxygen atoms in total. The Hall–Kier alpha value is -7.18. The van der Waals surface area contributed by atoms with Crippen LogP contribution in [-0.4, -0.2) is 19.9 Å². The second-order valence-electron chi connectivity index (χ2n) is 17.3. The summed E-state index contributed by atoms with van der Waals surface area (Å²) in [6, 6.07) is 55.9. The topological polar surface area (TPSA) is 58.0 Å². The van der Waals surface area contributed by atoms with Gasteiger partial charge in [-0.05, 0) is 139 Å². The smallest absolute Gasteiger partial charge is 0.138 e. The SMILES string of the molecule is CC(C)(C)c1ccc(-c2c3ccc(N(c4ccccn4)c4ccccn4)cc3c(-c3ccc(C(C)(C)C)cc3)c3cc(N(c4ccccn4)c4ccccn4)ccc23)cc1. The number of nitrogens with zero attached hydrogens (tertiary/aromatic N) is 6.